The number of carbonyl (C=O) groups excluding carboxylic acids is 2. The molecule has 0 bridgehead atoms. The summed E-state index contributed by atoms with van der Waals surface area (Å²) in [7, 11) is 0. The number of halogens is 1. The zero-order valence-corrected chi connectivity index (χ0v) is 13.8. The maximum atomic E-state index is 12.5. The van der Waals surface area contributed by atoms with Crippen LogP contribution in [0, 0.1) is 0 Å². The molecule has 0 aliphatic carbocycles. The maximum Gasteiger partial charge on any atom is 0.417 e. The molecule has 1 aliphatic rings. The summed E-state index contributed by atoms with van der Waals surface area (Å²) in [6.45, 7) is 5.40. The van der Waals surface area contributed by atoms with E-state index in [1.54, 1.807) is 6.92 Å². The number of hydrogen-bond acceptors (Lipinski definition) is 4. The third kappa shape index (κ3) is 3.56. The molecule has 1 aromatic carbocycles. The number of cyclic esters (lactones) is 1. The number of amides is 2. The normalized spacial score (nSPS) is 20.4. The average Bonchev–Trinajstić information content (AvgIpc) is 2.86. The molecule has 1 aromatic rings. The standard InChI is InChI=1S/C16H18BrNO4/c1-10(2)14(19)13(17)15(20)18-12(9-22-16(18)21)8-11-6-4-3-5-7-11/h3-7,12-14,19H,1,8-9H2,2H3/t12-,13-,14+/m1/s1. The number of imide groups is 1. The number of aliphatic hydroxyl groups is 1. The average molecular weight is 368 g/mol. The summed E-state index contributed by atoms with van der Waals surface area (Å²) in [5.41, 5.74) is 1.46. The topological polar surface area (TPSA) is 66.8 Å². The van der Waals surface area contributed by atoms with E-state index in [1.807, 2.05) is 30.3 Å². The summed E-state index contributed by atoms with van der Waals surface area (Å²) in [6.07, 6.45) is -1.22. The summed E-state index contributed by atoms with van der Waals surface area (Å²) in [5.74, 6) is -0.515. The molecule has 1 N–H and O–H groups in total. The lowest BCUT2D eigenvalue weighted by atomic mass is 10.0. The van der Waals surface area contributed by atoms with Gasteiger partial charge in [0, 0.05) is 0 Å². The Labute approximate surface area is 137 Å². The largest absolute Gasteiger partial charge is 0.447 e. The maximum absolute atomic E-state index is 12.5. The molecular weight excluding hydrogens is 350 g/mol. The van der Waals surface area contributed by atoms with Gasteiger partial charge in [-0.15, -0.1) is 0 Å². The molecule has 0 saturated carbocycles. The smallest absolute Gasteiger partial charge is 0.417 e. The second-order valence-electron chi connectivity index (χ2n) is 5.32. The van der Waals surface area contributed by atoms with Crippen LogP contribution in [0.4, 0.5) is 4.79 Å². The quantitative estimate of drug-likeness (QED) is 0.640. The molecule has 0 aromatic heterocycles. The molecule has 1 aliphatic heterocycles. The van der Waals surface area contributed by atoms with Crippen LogP contribution in [0.5, 0.6) is 0 Å². The van der Waals surface area contributed by atoms with E-state index >= 15 is 0 Å². The van der Waals surface area contributed by atoms with Crippen LogP contribution in [-0.4, -0.2) is 45.6 Å². The van der Waals surface area contributed by atoms with Crippen molar-refractivity contribution < 1.29 is 19.4 Å². The SMILES string of the molecule is C=C(C)[C@H](O)[C@@H](Br)C(=O)N1C(=O)OC[C@H]1Cc1ccccc1. The van der Waals surface area contributed by atoms with E-state index in [4.69, 9.17) is 4.74 Å². The Kier molecular flexibility index (Phi) is 5.37. The van der Waals surface area contributed by atoms with E-state index in [9.17, 15) is 14.7 Å². The molecule has 0 unspecified atom stereocenters. The molecule has 0 radical (unpaired) electrons. The number of rotatable bonds is 5. The van der Waals surface area contributed by atoms with E-state index in [1.165, 1.54) is 0 Å². The minimum Gasteiger partial charge on any atom is -0.447 e. The van der Waals surface area contributed by atoms with E-state index < -0.39 is 22.9 Å². The molecular formula is C16H18BrNO4. The fraction of sp³-hybridized carbons (Fsp3) is 0.375. The van der Waals surface area contributed by atoms with Gasteiger partial charge >= 0.3 is 6.09 Å². The first kappa shape index (κ1) is 16.7. The van der Waals surface area contributed by atoms with Crippen molar-refractivity contribution in [2.24, 2.45) is 0 Å². The van der Waals surface area contributed by atoms with E-state index in [2.05, 4.69) is 22.5 Å². The molecule has 2 rings (SSSR count). The van der Waals surface area contributed by atoms with Gasteiger partial charge in [0.05, 0.1) is 12.1 Å². The van der Waals surface area contributed by atoms with Gasteiger partial charge in [-0.25, -0.2) is 9.69 Å². The monoisotopic (exact) mass is 367 g/mol. The molecule has 118 valence electrons. The van der Waals surface area contributed by atoms with Gasteiger partial charge in [0.15, 0.2) is 0 Å². The van der Waals surface area contributed by atoms with Gasteiger partial charge in [0.2, 0.25) is 5.91 Å². The number of ether oxygens (including phenoxy) is 1. The molecule has 1 heterocycles. The van der Waals surface area contributed by atoms with Gasteiger partial charge in [-0.1, -0.05) is 58.4 Å². The highest BCUT2D eigenvalue weighted by atomic mass is 79.9. The predicted molar refractivity (Wildman–Crippen MR) is 85.7 cm³/mol. The van der Waals surface area contributed by atoms with Crippen molar-refractivity contribution in [3.63, 3.8) is 0 Å². The Hall–Kier alpha value is -1.66. The molecule has 22 heavy (non-hydrogen) atoms. The highest BCUT2D eigenvalue weighted by molar-refractivity contribution is 9.10. The highest BCUT2D eigenvalue weighted by Crippen LogP contribution is 2.23. The van der Waals surface area contributed by atoms with Crippen LogP contribution >= 0.6 is 15.9 Å². The van der Waals surface area contributed by atoms with Crippen LogP contribution in [0.15, 0.2) is 42.5 Å². The van der Waals surface area contributed by atoms with Crippen LogP contribution in [-0.2, 0) is 16.0 Å². The highest BCUT2D eigenvalue weighted by Gasteiger charge is 2.42. The van der Waals surface area contributed by atoms with Crippen molar-refractivity contribution in [1.82, 2.24) is 4.90 Å². The summed E-state index contributed by atoms with van der Waals surface area (Å²) in [5, 5.41) is 9.94. The van der Waals surface area contributed by atoms with Crippen molar-refractivity contribution in [2.75, 3.05) is 6.61 Å². The minimum absolute atomic E-state index is 0.155. The van der Waals surface area contributed by atoms with Gasteiger partial charge < -0.3 is 9.84 Å². The third-order valence-electron chi connectivity index (χ3n) is 3.53. The lowest BCUT2D eigenvalue weighted by Crippen LogP contribution is -2.47. The molecule has 2 amide bonds. The number of aliphatic hydroxyl groups excluding tert-OH is 1. The third-order valence-corrected chi connectivity index (χ3v) is 4.42. The summed E-state index contributed by atoms with van der Waals surface area (Å²) in [6, 6.07) is 9.19. The summed E-state index contributed by atoms with van der Waals surface area (Å²) >= 11 is 3.15. The van der Waals surface area contributed by atoms with Gasteiger partial charge in [0.25, 0.3) is 0 Å². The predicted octanol–water partition coefficient (Wildman–Crippen LogP) is 2.28. The van der Waals surface area contributed by atoms with Crippen LogP contribution in [0.1, 0.15) is 12.5 Å². The fourth-order valence-electron chi connectivity index (χ4n) is 2.28. The van der Waals surface area contributed by atoms with Crippen molar-refractivity contribution in [3.05, 3.63) is 48.0 Å². The number of benzene rings is 1. The number of hydrogen-bond donors (Lipinski definition) is 1. The van der Waals surface area contributed by atoms with Crippen molar-refractivity contribution >= 4 is 27.9 Å². The van der Waals surface area contributed by atoms with Gasteiger partial charge in [-0.3, -0.25) is 4.79 Å². The second-order valence-corrected chi connectivity index (χ2v) is 6.31. The Morgan fingerprint density at radius 2 is 2.14 bits per heavy atom. The van der Waals surface area contributed by atoms with Crippen LogP contribution in [0.3, 0.4) is 0 Å². The Bertz CT molecular complexity index is 575. The molecule has 0 spiro atoms. The first-order chi connectivity index (χ1) is 10.4. The van der Waals surface area contributed by atoms with Gasteiger partial charge in [-0.2, -0.15) is 0 Å². The first-order valence-electron chi connectivity index (χ1n) is 6.93. The molecule has 5 nitrogen and oxygen atoms in total. The van der Waals surface area contributed by atoms with Crippen molar-refractivity contribution in [3.8, 4) is 0 Å². The van der Waals surface area contributed by atoms with Crippen LogP contribution in [0.2, 0.25) is 0 Å². The van der Waals surface area contributed by atoms with Gasteiger partial charge in [0.1, 0.15) is 11.4 Å². The molecule has 3 atom stereocenters. The lowest BCUT2D eigenvalue weighted by Gasteiger charge is -2.24. The number of alkyl halides is 1. The zero-order chi connectivity index (χ0) is 16.3. The Balaban J connectivity index is 2.14. The summed E-state index contributed by atoms with van der Waals surface area (Å²) in [4.78, 5) is 24.5. The minimum atomic E-state index is -1.06. The van der Waals surface area contributed by atoms with E-state index in [0.29, 0.717) is 12.0 Å². The van der Waals surface area contributed by atoms with E-state index in [-0.39, 0.29) is 12.6 Å². The molecule has 1 saturated heterocycles. The molecule has 6 heteroatoms. The first-order valence-corrected chi connectivity index (χ1v) is 7.84. The van der Waals surface area contributed by atoms with Crippen LogP contribution < -0.4 is 0 Å². The number of carbonyl (C=O) groups is 2. The number of nitrogens with zero attached hydrogens (tertiary/aromatic N) is 1. The molecule has 1 fully saturated rings. The van der Waals surface area contributed by atoms with Crippen molar-refractivity contribution in [2.45, 2.75) is 30.3 Å². The Morgan fingerprint density at radius 3 is 2.73 bits per heavy atom. The zero-order valence-electron chi connectivity index (χ0n) is 12.2. The van der Waals surface area contributed by atoms with Crippen molar-refractivity contribution in [1.29, 1.82) is 0 Å². The summed E-state index contributed by atoms with van der Waals surface area (Å²) < 4.78 is 5.00. The van der Waals surface area contributed by atoms with Crippen LogP contribution in [0.25, 0.3) is 0 Å². The lowest BCUT2D eigenvalue weighted by molar-refractivity contribution is -0.129. The fourth-order valence-corrected chi connectivity index (χ4v) is 2.96. The Morgan fingerprint density at radius 1 is 1.50 bits per heavy atom. The second kappa shape index (κ2) is 7.07. The van der Waals surface area contributed by atoms with E-state index in [0.717, 1.165) is 10.5 Å². The van der Waals surface area contributed by atoms with Gasteiger partial charge in [-0.05, 0) is 18.9 Å².